The number of allylic oxidation sites excluding steroid dienone is 1. The standard InChI is InChI=1S/C16H17Cl2N3O2S2/c1-2-6-21-15(12-5-7-25(22,23)10-12)19-20-16(21)24-9-11-3-4-13(17)14(18)8-11/h2-4,8,12H,1,5-7,9-10H2/t12-/m1/s1. The molecule has 3 rings (SSSR count). The van der Waals surface area contributed by atoms with E-state index in [0.717, 1.165) is 16.5 Å². The first-order valence-electron chi connectivity index (χ1n) is 7.71. The summed E-state index contributed by atoms with van der Waals surface area (Å²) in [5, 5.41) is 10.3. The monoisotopic (exact) mass is 417 g/mol. The van der Waals surface area contributed by atoms with Crippen LogP contribution in [0.25, 0.3) is 0 Å². The van der Waals surface area contributed by atoms with Gasteiger partial charge in [-0.15, -0.1) is 16.8 Å². The first kappa shape index (κ1) is 18.8. The summed E-state index contributed by atoms with van der Waals surface area (Å²) >= 11 is 13.5. The third-order valence-electron chi connectivity index (χ3n) is 4.01. The fraction of sp³-hybridized carbons (Fsp3) is 0.375. The van der Waals surface area contributed by atoms with Gasteiger partial charge in [0.15, 0.2) is 15.0 Å². The number of nitrogens with zero attached hydrogens (tertiary/aromatic N) is 3. The van der Waals surface area contributed by atoms with Crippen molar-refractivity contribution < 1.29 is 8.42 Å². The summed E-state index contributed by atoms with van der Waals surface area (Å²) < 4.78 is 25.5. The minimum absolute atomic E-state index is 0.100. The lowest BCUT2D eigenvalue weighted by molar-refractivity contribution is 0.597. The minimum Gasteiger partial charge on any atom is -0.302 e. The van der Waals surface area contributed by atoms with Crippen molar-refractivity contribution in [2.75, 3.05) is 11.5 Å². The molecular weight excluding hydrogens is 401 g/mol. The highest BCUT2D eigenvalue weighted by Gasteiger charge is 2.33. The predicted molar refractivity (Wildman–Crippen MR) is 102 cm³/mol. The molecule has 1 saturated heterocycles. The summed E-state index contributed by atoms with van der Waals surface area (Å²) in [6, 6.07) is 5.51. The lowest BCUT2D eigenvalue weighted by atomic mass is 10.1. The molecule has 0 bridgehead atoms. The van der Waals surface area contributed by atoms with Crippen molar-refractivity contribution in [2.24, 2.45) is 0 Å². The van der Waals surface area contributed by atoms with Gasteiger partial charge in [0, 0.05) is 18.2 Å². The third-order valence-corrected chi connectivity index (χ3v) is 7.55. The predicted octanol–water partition coefficient (Wildman–Crippen LogP) is 3.97. The van der Waals surface area contributed by atoms with Crippen LogP contribution in [0.15, 0.2) is 36.0 Å². The molecule has 2 heterocycles. The fourth-order valence-electron chi connectivity index (χ4n) is 2.79. The molecule has 1 fully saturated rings. The molecule has 0 saturated carbocycles. The molecule has 1 atom stereocenters. The molecular formula is C16H17Cl2N3O2S2. The summed E-state index contributed by atoms with van der Waals surface area (Å²) in [6.07, 6.45) is 2.36. The second kappa shape index (κ2) is 7.70. The molecule has 2 aromatic rings. The van der Waals surface area contributed by atoms with Crippen LogP contribution in [0.4, 0.5) is 0 Å². The van der Waals surface area contributed by atoms with Crippen LogP contribution < -0.4 is 0 Å². The Balaban J connectivity index is 1.79. The first-order chi connectivity index (χ1) is 11.9. The Kier molecular flexibility index (Phi) is 5.78. The lowest BCUT2D eigenvalue weighted by Crippen LogP contribution is -2.11. The van der Waals surface area contributed by atoms with E-state index >= 15 is 0 Å². The zero-order valence-corrected chi connectivity index (χ0v) is 16.5. The molecule has 134 valence electrons. The van der Waals surface area contributed by atoms with Crippen molar-refractivity contribution in [3.8, 4) is 0 Å². The number of sulfone groups is 1. The molecule has 0 N–H and O–H groups in total. The quantitative estimate of drug-likeness (QED) is 0.525. The van der Waals surface area contributed by atoms with E-state index in [2.05, 4.69) is 16.8 Å². The molecule has 1 aromatic carbocycles. The number of hydrogen-bond donors (Lipinski definition) is 0. The molecule has 0 unspecified atom stereocenters. The Hall–Kier alpha value is -1.02. The van der Waals surface area contributed by atoms with Gasteiger partial charge in [-0.05, 0) is 24.1 Å². The Morgan fingerprint density at radius 1 is 1.32 bits per heavy atom. The Labute approximate surface area is 161 Å². The molecule has 0 radical (unpaired) electrons. The van der Waals surface area contributed by atoms with Crippen LogP contribution in [-0.4, -0.2) is 34.7 Å². The minimum atomic E-state index is -2.97. The van der Waals surface area contributed by atoms with Crippen molar-refractivity contribution in [1.82, 2.24) is 14.8 Å². The Bertz CT molecular complexity index is 897. The van der Waals surface area contributed by atoms with E-state index in [1.54, 1.807) is 12.1 Å². The molecule has 0 aliphatic carbocycles. The van der Waals surface area contributed by atoms with Crippen molar-refractivity contribution in [3.63, 3.8) is 0 Å². The zero-order chi connectivity index (χ0) is 18.0. The average Bonchev–Trinajstić information content (AvgIpc) is 3.12. The molecule has 5 nitrogen and oxygen atoms in total. The number of thioether (sulfide) groups is 1. The number of halogens is 2. The van der Waals surface area contributed by atoms with E-state index in [0.29, 0.717) is 28.8 Å². The van der Waals surface area contributed by atoms with Crippen LogP contribution in [0.2, 0.25) is 10.0 Å². The topological polar surface area (TPSA) is 64.8 Å². The molecule has 0 spiro atoms. The molecule has 1 aromatic heterocycles. The summed E-state index contributed by atoms with van der Waals surface area (Å²) in [6.45, 7) is 4.32. The summed E-state index contributed by atoms with van der Waals surface area (Å²) in [7, 11) is -2.97. The fourth-order valence-corrected chi connectivity index (χ4v) is 5.74. The Morgan fingerprint density at radius 3 is 2.76 bits per heavy atom. The molecule has 9 heteroatoms. The summed E-state index contributed by atoms with van der Waals surface area (Å²) in [4.78, 5) is 0. The van der Waals surface area contributed by atoms with Crippen LogP contribution in [0, 0.1) is 0 Å². The van der Waals surface area contributed by atoms with Gasteiger partial charge in [-0.25, -0.2) is 8.42 Å². The van der Waals surface area contributed by atoms with E-state index in [1.807, 2.05) is 16.7 Å². The second-order valence-electron chi connectivity index (χ2n) is 5.88. The van der Waals surface area contributed by atoms with Gasteiger partial charge in [-0.1, -0.05) is 47.1 Å². The maximum Gasteiger partial charge on any atom is 0.191 e. The molecule has 0 amide bonds. The highest BCUT2D eigenvalue weighted by molar-refractivity contribution is 7.98. The summed E-state index contributed by atoms with van der Waals surface area (Å²) in [5.74, 6) is 1.63. The SMILES string of the molecule is C=CCn1c(SCc2ccc(Cl)c(Cl)c2)nnc1[C@@H]1CCS(=O)(=O)C1. The number of rotatable bonds is 6. The van der Waals surface area contributed by atoms with E-state index in [1.165, 1.54) is 11.8 Å². The van der Waals surface area contributed by atoms with E-state index in [-0.39, 0.29) is 17.4 Å². The maximum atomic E-state index is 11.8. The first-order valence-corrected chi connectivity index (χ1v) is 11.3. The van der Waals surface area contributed by atoms with Gasteiger partial charge < -0.3 is 4.57 Å². The third kappa shape index (κ3) is 4.39. The van der Waals surface area contributed by atoms with Crippen molar-refractivity contribution in [2.45, 2.75) is 29.8 Å². The van der Waals surface area contributed by atoms with Crippen LogP contribution in [0.3, 0.4) is 0 Å². The normalized spacial score (nSPS) is 19.2. The van der Waals surface area contributed by atoms with Gasteiger partial charge in [0.05, 0.1) is 21.6 Å². The largest absolute Gasteiger partial charge is 0.302 e. The van der Waals surface area contributed by atoms with Gasteiger partial charge in [-0.3, -0.25) is 0 Å². The Morgan fingerprint density at radius 2 is 2.12 bits per heavy atom. The van der Waals surface area contributed by atoms with Gasteiger partial charge in [0.25, 0.3) is 0 Å². The number of aromatic nitrogens is 3. The number of hydrogen-bond acceptors (Lipinski definition) is 5. The van der Waals surface area contributed by atoms with Crippen molar-refractivity contribution >= 4 is 44.8 Å². The van der Waals surface area contributed by atoms with E-state index in [9.17, 15) is 8.42 Å². The number of benzene rings is 1. The van der Waals surface area contributed by atoms with Gasteiger partial charge in [0.1, 0.15) is 5.82 Å². The van der Waals surface area contributed by atoms with E-state index in [4.69, 9.17) is 23.2 Å². The highest BCUT2D eigenvalue weighted by Crippen LogP contribution is 2.32. The lowest BCUT2D eigenvalue weighted by Gasteiger charge is -2.11. The van der Waals surface area contributed by atoms with Crippen molar-refractivity contribution in [1.29, 1.82) is 0 Å². The van der Waals surface area contributed by atoms with Crippen LogP contribution in [-0.2, 0) is 22.1 Å². The molecule has 1 aliphatic heterocycles. The van der Waals surface area contributed by atoms with Crippen LogP contribution >= 0.6 is 35.0 Å². The maximum absolute atomic E-state index is 11.8. The van der Waals surface area contributed by atoms with E-state index < -0.39 is 9.84 Å². The zero-order valence-electron chi connectivity index (χ0n) is 13.4. The molecule has 25 heavy (non-hydrogen) atoms. The van der Waals surface area contributed by atoms with Crippen molar-refractivity contribution in [3.05, 3.63) is 52.3 Å². The van der Waals surface area contributed by atoms with Gasteiger partial charge in [0.2, 0.25) is 0 Å². The second-order valence-corrected chi connectivity index (χ2v) is 9.86. The average molecular weight is 418 g/mol. The highest BCUT2D eigenvalue weighted by atomic mass is 35.5. The molecule has 1 aliphatic rings. The summed E-state index contributed by atoms with van der Waals surface area (Å²) in [5.41, 5.74) is 1.03. The van der Waals surface area contributed by atoms with Gasteiger partial charge >= 0.3 is 0 Å². The smallest absolute Gasteiger partial charge is 0.191 e. The van der Waals surface area contributed by atoms with Crippen LogP contribution in [0.5, 0.6) is 0 Å². The van der Waals surface area contributed by atoms with Gasteiger partial charge in [-0.2, -0.15) is 0 Å². The van der Waals surface area contributed by atoms with Crippen LogP contribution in [0.1, 0.15) is 23.7 Å².